The number of fused-ring (bicyclic) bond motifs is 3. The summed E-state index contributed by atoms with van der Waals surface area (Å²) in [5.41, 5.74) is 1.14. The molecule has 0 saturated heterocycles. The summed E-state index contributed by atoms with van der Waals surface area (Å²) in [6, 6.07) is 4.11. The van der Waals surface area contributed by atoms with E-state index in [9.17, 15) is 14.9 Å². The maximum absolute atomic E-state index is 11.3. The van der Waals surface area contributed by atoms with Crippen molar-refractivity contribution in [3.05, 3.63) is 50.6 Å². The number of nitro benzene ring substituents is 1. The van der Waals surface area contributed by atoms with E-state index in [0.717, 1.165) is 29.5 Å². The van der Waals surface area contributed by atoms with Crippen molar-refractivity contribution in [2.45, 2.75) is 26.2 Å². The molecule has 0 fully saturated rings. The Kier molecular flexibility index (Phi) is 4.12. The predicted octanol–water partition coefficient (Wildman–Crippen LogP) is 4.33. The van der Waals surface area contributed by atoms with Gasteiger partial charge in [-0.1, -0.05) is 6.92 Å². The molecule has 1 aliphatic rings. The first-order valence-corrected chi connectivity index (χ1v) is 9.05. The number of aryl methyl sites for hydroxylation is 1. The summed E-state index contributed by atoms with van der Waals surface area (Å²) in [6.07, 6.45) is 4.99. The average molecular weight is 369 g/mol. The van der Waals surface area contributed by atoms with Gasteiger partial charge in [-0.2, -0.15) is 0 Å². The summed E-state index contributed by atoms with van der Waals surface area (Å²) in [5.74, 6) is 1.01. The lowest BCUT2D eigenvalue weighted by molar-refractivity contribution is -0.385. The number of aromatic nitrogens is 2. The number of rotatable bonds is 4. The van der Waals surface area contributed by atoms with E-state index in [2.05, 4.69) is 16.9 Å². The van der Waals surface area contributed by atoms with Crippen molar-refractivity contribution in [1.82, 2.24) is 9.97 Å². The van der Waals surface area contributed by atoms with Gasteiger partial charge in [0.1, 0.15) is 17.4 Å². The molecule has 0 aliphatic heterocycles. The summed E-state index contributed by atoms with van der Waals surface area (Å²) >= 11 is 1.63. The summed E-state index contributed by atoms with van der Waals surface area (Å²) in [5, 5.41) is 12.2. The van der Waals surface area contributed by atoms with Crippen molar-refractivity contribution in [3.8, 4) is 11.6 Å². The van der Waals surface area contributed by atoms with Crippen molar-refractivity contribution in [2.24, 2.45) is 5.92 Å². The Balaban J connectivity index is 1.81. The molecule has 132 valence electrons. The third-order valence-corrected chi connectivity index (χ3v) is 5.74. The molecule has 0 radical (unpaired) electrons. The van der Waals surface area contributed by atoms with Crippen molar-refractivity contribution < 1.29 is 14.5 Å². The molecule has 26 heavy (non-hydrogen) atoms. The number of nitrogens with zero attached hydrogens (tertiary/aromatic N) is 3. The van der Waals surface area contributed by atoms with E-state index in [1.54, 1.807) is 11.3 Å². The van der Waals surface area contributed by atoms with Gasteiger partial charge in [0.25, 0.3) is 0 Å². The van der Waals surface area contributed by atoms with E-state index < -0.39 is 4.92 Å². The number of hydrogen-bond acceptors (Lipinski definition) is 7. The van der Waals surface area contributed by atoms with E-state index >= 15 is 0 Å². The Morgan fingerprint density at radius 2 is 2.23 bits per heavy atom. The minimum absolute atomic E-state index is 0.0599. The van der Waals surface area contributed by atoms with E-state index in [0.29, 0.717) is 18.1 Å². The van der Waals surface area contributed by atoms with Crippen LogP contribution in [0.4, 0.5) is 5.69 Å². The highest BCUT2D eigenvalue weighted by atomic mass is 32.1. The predicted molar refractivity (Wildman–Crippen MR) is 97.2 cm³/mol. The van der Waals surface area contributed by atoms with Crippen LogP contribution in [0.15, 0.2) is 24.5 Å². The third-order valence-electron chi connectivity index (χ3n) is 4.58. The fourth-order valence-corrected chi connectivity index (χ4v) is 4.61. The lowest BCUT2D eigenvalue weighted by atomic mass is 9.89. The van der Waals surface area contributed by atoms with Crippen LogP contribution in [0.2, 0.25) is 0 Å². The zero-order valence-electron chi connectivity index (χ0n) is 14.0. The van der Waals surface area contributed by atoms with E-state index in [4.69, 9.17) is 4.74 Å². The second kappa shape index (κ2) is 6.45. The Hall–Kier alpha value is -2.87. The number of carbonyl (C=O) groups excluding carboxylic acids is 1. The number of hydrogen-bond donors (Lipinski definition) is 0. The van der Waals surface area contributed by atoms with Gasteiger partial charge in [-0.15, -0.1) is 11.3 Å². The standard InChI is InChI=1S/C18H15N3O4S/c1-10-2-4-12-15(6-10)26-18-16(12)17(19-9-20-18)25-14-5-3-11(8-22)7-13(14)21(23)24/h3,5,7-10H,2,4,6H2,1H3/t10-/m0/s1. The van der Waals surface area contributed by atoms with Crippen LogP contribution in [0.25, 0.3) is 10.2 Å². The Labute approximate surface area is 152 Å². The highest BCUT2D eigenvalue weighted by molar-refractivity contribution is 7.18. The molecule has 0 saturated carbocycles. The van der Waals surface area contributed by atoms with E-state index in [-0.39, 0.29) is 17.0 Å². The van der Waals surface area contributed by atoms with Gasteiger partial charge < -0.3 is 4.74 Å². The lowest BCUT2D eigenvalue weighted by Crippen LogP contribution is -2.08. The molecule has 1 aromatic carbocycles. The summed E-state index contributed by atoms with van der Waals surface area (Å²) in [4.78, 5) is 32.4. The molecular weight excluding hydrogens is 354 g/mol. The first kappa shape index (κ1) is 16.6. The van der Waals surface area contributed by atoms with Crippen LogP contribution in [0.3, 0.4) is 0 Å². The van der Waals surface area contributed by atoms with Gasteiger partial charge in [0.05, 0.1) is 10.3 Å². The first-order chi connectivity index (χ1) is 12.6. The average Bonchev–Trinajstić information content (AvgIpc) is 3.00. The lowest BCUT2D eigenvalue weighted by Gasteiger charge is -2.18. The molecule has 8 heteroatoms. The van der Waals surface area contributed by atoms with Crippen LogP contribution < -0.4 is 4.74 Å². The van der Waals surface area contributed by atoms with Crippen LogP contribution in [0.5, 0.6) is 11.6 Å². The smallest absolute Gasteiger partial charge is 0.312 e. The highest BCUT2D eigenvalue weighted by Crippen LogP contribution is 2.42. The number of benzene rings is 1. The van der Waals surface area contributed by atoms with Crippen LogP contribution in [-0.4, -0.2) is 21.2 Å². The van der Waals surface area contributed by atoms with Crippen molar-refractivity contribution in [1.29, 1.82) is 0 Å². The zero-order chi connectivity index (χ0) is 18.3. The fraction of sp³-hybridized carbons (Fsp3) is 0.278. The minimum atomic E-state index is -0.564. The molecule has 2 aromatic heterocycles. The summed E-state index contributed by atoms with van der Waals surface area (Å²) in [6.45, 7) is 2.23. The van der Waals surface area contributed by atoms with Gasteiger partial charge >= 0.3 is 5.69 Å². The van der Waals surface area contributed by atoms with E-state index in [1.165, 1.54) is 35.0 Å². The van der Waals surface area contributed by atoms with Crippen molar-refractivity contribution >= 4 is 33.5 Å². The molecule has 0 N–H and O–H groups in total. The van der Waals surface area contributed by atoms with Gasteiger partial charge in [0, 0.05) is 16.5 Å². The highest BCUT2D eigenvalue weighted by Gasteiger charge is 2.25. The quantitative estimate of drug-likeness (QED) is 0.386. The maximum atomic E-state index is 11.3. The third kappa shape index (κ3) is 2.82. The molecule has 3 aromatic rings. The first-order valence-electron chi connectivity index (χ1n) is 8.23. The molecular formula is C18H15N3O4S. The number of nitro groups is 1. The van der Waals surface area contributed by atoms with Crippen molar-refractivity contribution in [3.63, 3.8) is 0 Å². The normalized spacial score (nSPS) is 16.3. The molecule has 4 rings (SSSR count). The molecule has 7 nitrogen and oxygen atoms in total. The Morgan fingerprint density at radius 1 is 1.38 bits per heavy atom. The molecule has 2 heterocycles. The number of thiophene rings is 1. The SMILES string of the molecule is C[C@H]1CCc2c(sc3ncnc(Oc4ccc(C=O)cc4[N+](=O)[O-])c23)C1. The van der Waals surface area contributed by atoms with Crippen LogP contribution in [0.1, 0.15) is 34.1 Å². The molecule has 0 bridgehead atoms. The Bertz CT molecular complexity index is 1030. The number of carbonyl (C=O) groups is 1. The molecule has 1 aliphatic carbocycles. The number of aldehydes is 1. The van der Waals surface area contributed by atoms with Gasteiger partial charge in [-0.3, -0.25) is 14.9 Å². The molecule has 1 atom stereocenters. The monoisotopic (exact) mass is 369 g/mol. The Morgan fingerprint density at radius 3 is 3.00 bits per heavy atom. The number of ether oxygens (including phenoxy) is 1. The largest absolute Gasteiger partial charge is 0.431 e. The minimum Gasteiger partial charge on any atom is -0.431 e. The maximum Gasteiger partial charge on any atom is 0.312 e. The van der Waals surface area contributed by atoms with Gasteiger partial charge in [0.2, 0.25) is 11.6 Å². The zero-order valence-corrected chi connectivity index (χ0v) is 14.8. The van der Waals surface area contributed by atoms with Crippen molar-refractivity contribution in [2.75, 3.05) is 0 Å². The molecule has 0 spiro atoms. The second-order valence-electron chi connectivity index (χ2n) is 6.41. The second-order valence-corrected chi connectivity index (χ2v) is 7.50. The van der Waals surface area contributed by atoms with Crippen LogP contribution in [0, 0.1) is 16.0 Å². The fourth-order valence-electron chi connectivity index (χ4n) is 3.26. The summed E-state index contributed by atoms with van der Waals surface area (Å²) < 4.78 is 5.83. The molecule has 0 unspecified atom stereocenters. The van der Waals surface area contributed by atoms with Gasteiger partial charge in [-0.25, -0.2) is 9.97 Å². The topological polar surface area (TPSA) is 95.2 Å². The summed E-state index contributed by atoms with van der Waals surface area (Å²) in [7, 11) is 0. The van der Waals surface area contributed by atoms with Gasteiger partial charge in [0.15, 0.2) is 0 Å². The van der Waals surface area contributed by atoms with Crippen LogP contribution >= 0.6 is 11.3 Å². The van der Waals surface area contributed by atoms with E-state index in [1.807, 2.05) is 0 Å². The van der Waals surface area contributed by atoms with Gasteiger partial charge in [-0.05, 0) is 42.9 Å². The molecule has 0 amide bonds. The van der Waals surface area contributed by atoms with Crippen LogP contribution in [-0.2, 0) is 12.8 Å².